The first kappa shape index (κ1) is 24.2. The molecule has 0 saturated carbocycles. The number of hydrogen-bond donors (Lipinski definition) is 0. The van der Waals surface area contributed by atoms with Crippen molar-refractivity contribution < 1.29 is 4.74 Å². The number of methoxy groups -OCH3 is 1. The van der Waals surface area contributed by atoms with E-state index in [-0.39, 0.29) is 0 Å². The molecule has 1 nitrogen and oxygen atoms in total. The van der Waals surface area contributed by atoms with E-state index < -0.39 is 0 Å². The molecular weight excluding hydrogens is 380 g/mol. The van der Waals surface area contributed by atoms with Crippen LogP contribution in [0.3, 0.4) is 0 Å². The molecule has 0 N–H and O–H groups in total. The van der Waals surface area contributed by atoms with Gasteiger partial charge < -0.3 is 4.74 Å². The average molecular weight is 415 g/mol. The lowest BCUT2D eigenvalue weighted by molar-refractivity contribution is 0.413. The van der Waals surface area contributed by atoms with E-state index in [0.717, 1.165) is 12.2 Å². The average Bonchev–Trinajstić information content (AvgIpc) is 3.44. The van der Waals surface area contributed by atoms with Gasteiger partial charge in [-0.05, 0) is 58.7 Å². The zero-order valence-corrected chi connectivity index (χ0v) is 19.2. The maximum absolute atomic E-state index is 5.09. The van der Waals surface area contributed by atoms with Crippen LogP contribution in [0.1, 0.15) is 55.5 Å². The van der Waals surface area contributed by atoms with Gasteiger partial charge in [0.05, 0.1) is 7.11 Å². The molecule has 0 amide bonds. The van der Waals surface area contributed by atoms with Gasteiger partial charge in [0.1, 0.15) is 5.75 Å². The zero-order chi connectivity index (χ0) is 20.5. The molecule has 2 aromatic heterocycles. The van der Waals surface area contributed by atoms with E-state index in [1.165, 1.54) is 48.1 Å². The van der Waals surface area contributed by atoms with Crippen LogP contribution in [0.25, 0.3) is 6.08 Å². The fraction of sp³-hybridized carbons (Fsp3) is 0.360. The van der Waals surface area contributed by atoms with E-state index in [4.69, 9.17) is 4.74 Å². The monoisotopic (exact) mass is 414 g/mol. The SMILES string of the molecule is C=Cc1ccccc1.CCCCCCc1ccsc1.CCc1sccc1OC. The number of benzene rings is 1. The smallest absolute Gasteiger partial charge is 0.132 e. The molecule has 0 radical (unpaired) electrons. The van der Waals surface area contributed by atoms with Crippen LogP contribution in [-0.2, 0) is 12.8 Å². The van der Waals surface area contributed by atoms with Crippen molar-refractivity contribution in [1.82, 2.24) is 0 Å². The first-order valence-electron chi connectivity index (χ1n) is 10.0. The number of ether oxygens (including phenoxy) is 1. The van der Waals surface area contributed by atoms with E-state index in [0.29, 0.717) is 0 Å². The van der Waals surface area contributed by atoms with Crippen LogP contribution in [0.15, 0.2) is 65.2 Å². The molecule has 1 aromatic carbocycles. The predicted octanol–water partition coefficient (Wildman–Crippen LogP) is 8.52. The van der Waals surface area contributed by atoms with E-state index >= 15 is 0 Å². The first-order valence-corrected chi connectivity index (χ1v) is 11.9. The largest absolute Gasteiger partial charge is 0.496 e. The molecule has 0 unspecified atom stereocenters. The molecule has 0 aliphatic carbocycles. The molecule has 152 valence electrons. The summed E-state index contributed by atoms with van der Waals surface area (Å²) in [5.41, 5.74) is 2.69. The van der Waals surface area contributed by atoms with Crippen molar-refractivity contribution >= 4 is 28.7 Å². The molecule has 0 aliphatic rings. The lowest BCUT2D eigenvalue weighted by Crippen LogP contribution is -1.82. The molecule has 2 heterocycles. The van der Waals surface area contributed by atoms with Gasteiger partial charge in [-0.1, -0.05) is 76.1 Å². The van der Waals surface area contributed by atoms with Crippen molar-refractivity contribution in [2.24, 2.45) is 0 Å². The Bertz CT molecular complexity index is 696. The maximum atomic E-state index is 5.09. The number of thiophene rings is 2. The molecule has 0 bridgehead atoms. The summed E-state index contributed by atoms with van der Waals surface area (Å²) in [6.45, 7) is 8.02. The van der Waals surface area contributed by atoms with Gasteiger partial charge in [0.15, 0.2) is 0 Å². The molecule has 28 heavy (non-hydrogen) atoms. The molecule has 0 spiro atoms. The standard InChI is InChI=1S/C10H16S.C8H8.C7H10OS/c1-2-3-4-5-6-10-7-8-11-9-10;1-2-8-6-4-3-5-7-8;1-3-7-6(8-2)4-5-9-7/h7-9H,2-6H2,1H3;2-7H,1H2;4-5H,3H2,1-2H3. The minimum atomic E-state index is 1.03. The van der Waals surface area contributed by atoms with Crippen molar-refractivity contribution in [2.45, 2.75) is 52.4 Å². The van der Waals surface area contributed by atoms with E-state index in [9.17, 15) is 0 Å². The summed E-state index contributed by atoms with van der Waals surface area (Å²) in [5.74, 6) is 1.03. The summed E-state index contributed by atoms with van der Waals surface area (Å²) in [6, 6.07) is 14.3. The van der Waals surface area contributed by atoms with Crippen LogP contribution in [-0.4, -0.2) is 7.11 Å². The second-order valence-electron chi connectivity index (χ2n) is 6.32. The first-order chi connectivity index (χ1) is 13.7. The lowest BCUT2D eigenvalue weighted by atomic mass is 10.1. The Morgan fingerprint density at radius 3 is 2.25 bits per heavy atom. The Hall–Kier alpha value is -1.84. The van der Waals surface area contributed by atoms with Gasteiger partial charge in [-0.15, -0.1) is 11.3 Å². The van der Waals surface area contributed by atoms with Gasteiger partial charge in [-0.25, -0.2) is 0 Å². The zero-order valence-electron chi connectivity index (χ0n) is 17.5. The Morgan fingerprint density at radius 2 is 1.75 bits per heavy atom. The van der Waals surface area contributed by atoms with Gasteiger partial charge in [0.2, 0.25) is 0 Å². The van der Waals surface area contributed by atoms with Gasteiger partial charge in [0, 0.05) is 4.88 Å². The second kappa shape index (κ2) is 16.1. The summed E-state index contributed by atoms with van der Waals surface area (Å²) < 4.78 is 5.09. The topological polar surface area (TPSA) is 9.23 Å². The Kier molecular flexibility index (Phi) is 14.0. The van der Waals surface area contributed by atoms with Gasteiger partial charge >= 0.3 is 0 Å². The third kappa shape index (κ3) is 10.5. The van der Waals surface area contributed by atoms with Crippen LogP contribution in [0, 0.1) is 0 Å². The van der Waals surface area contributed by atoms with E-state index in [1.807, 2.05) is 42.5 Å². The van der Waals surface area contributed by atoms with Crippen LogP contribution in [0.5, 0.6) is 5.75 Å². The molecular formula is C25H34OS2. The highest BCUT2D eigenvalue weighted by Crippen LogP contribution is 2.24. The minimum absolute atomic E-state index is 1.03. The van der Waals surface area contributed by atoms with Gasteiger partial charge in [0.25, 0.3) is 0 Å². The fourth-order valence-electron chi connectivity index (χ4n) is 2.55. The van der Waals surface area contributed by atoms with Gasteiger partial charge in [-0.2, -0.15) is 11.3 Å². The quantitative estimate of drug-likeness (QED) is 0.336. The van der Waals surface area contributed by atoms with Crippen LogP contribution in [0.2, 0.25) is 0 Å². The Labute approximate surface area is 179 Å². The number of rotatable bonds is 8. The minimum Gasteiger partial charge on any atom is -0.496 e. The van der Waals surface area contributed by atoms with Crippen LogP contribution in [0.4, 0.5) is 0 Å². The van der Waals surface area contributed by atoms with Crippen molar-refractivity contribution in [2.75, 3.05) is 7.11 Å². The fourth-order valence-corrected chi connectivity index (χ4v) is 4.04. The second-order valence-corrected chi connectivity index (χ2v) is 8.10. The van der Waals surface area contributed by atoms with Crippen LogP contribution >= 0.6 is 22.7 Å². The molecule has 3 aromatic rings. The normalized spacial score (nSPS) is 9.54. The van der Waals surface area contributed by atoms with Crippen molar-refractivity contribution in [3.8, 4) is 5.75 Å². The lowest BCUT2D eigenvalue weighted by Gasteiger charge is -1.96. The van der Waals surface area contributed by atoms with Crippen molar-refractivity contribution in [1.29, 1.82) is 0 Å². The van der Waals surface area contributed by atoms with Crippen LogP contribution < -0.4 is 4.74 Å². The van der Waals surface area contributed by atoms with Gasteiger partial charge in [-0.3, -0.25) is 0 Å². The predicted molar refractivity (Wildman–Crippen MR) is 129 cm³/mol. The maximum Gasteiger partial charge on any atom is 0.132 e. The highest BCUT2D eigenvalue weighted by atomic mass is 32.1. The van der Waals surface area contributed by atoms with Crippen molar-refractivity contribution in [3.63, 3.8) is 0 Å². The van der Waals surface area contributed by atoms with E-state index in [1.54, 1.807) is 29.8 Å². The summed E-state index contributed by atoms with van der Waals surface area (Å²) >= 11 is 3.55. The highest BCUT2D eigenvalue weighted by molar-refractivity contribution is 7.10. The number of hydrogen-bond acceptors (Lipinski definition) is 3. The summed E-state index contributed by atoms with van der Waals surface area (Å²) in [6.07, 6.45) is 9.68. The molecule has 0 saturated heterocycles. The highest BCUT2D eigenvalue weighted by Gasteiger charge is 1.98. The Morgan fingerprint density at radius 1 is 0.964 bits per heavy atom. The Balaban J connectivity index is 0.000000213. The molecule has 3 heteroatoms. The molecule has 0 atom stereocenters. The number of unbranched alkanes of at least 4 members (excludes halogenated alkanes) is 3. The molecule has 3 rings (SSSR count). The number of aryl methyl sites for hydroxylation is 2. The third-order valence-electron chi connectivity index (χ3n) is 4.18. The summed E-state index contributed by atoms with van der Waals surface area (Å²) in [7, 11) is 1.71. The van der Waals surface area contributed by atoms with Crippen molar-refractivity contribution in [3.05, 3.63) is 81.2 Å². The summed E-state index contributed by atoms with van der Waals surface area (Å²) in [4.78, 5) is 1.33. The molecule has 0 fully saturated rings. The molecule has 0 aliphatic heterocycles. The summed E-state index contributed by atoms with van der Waals surface area (Å²) in [5, 5.41) is 6.47. The van der Waals surface area contributed by atoms with E-state index in [2.05, 4.69) is 42.6 Å². The third-order valence-corrected chi connectivity index (χ3v) is 5.96.